The molecule has 0 radical (unpaired) electrons. The number of halogens is 1. The lowest BCUT2D eigenvalue weighted by Crippen LogP contribution is -2.33. The lowest BCUT2D eigenvalue weighted by molar-refractivity contribution is -0.140. The van der Waals surface area contributed by atoms with Crippen molar-refractivity contribution < 1.29 is 24.2 Å². The van der Waals surface area contributed by atoms with Gasteiger partial charge >= 0.3 is 0 Å². The van der Waals surface area contributed by atoms with Crippen LogP contribution in [0.3, 0.4) is 0 Å². The van der Waals surface area contributed by atoms with Gasteiger partial charge < -0.3 is 19.5 Å². The number of likely N-dealkylation sites (tertiary alicyclic amines) is 1. The van der Waals surface area contributed by atoms with E-state index in [1.54, 1.807) is 48.5 Å². The molecule has 6 nitrogen and oxygen atoms in total. The van der Waals surface area contributed by atoms with E-state index in [1.807, 2.05) is 20.8 Å². The zero-order valence-corrected chi connectivity index (χ0v) is 18.6. The number of ether oxygens (including phenoxy) is 2. The Morgan fingerprint density at radius 3 is 2.58 bits per heavy atom. The fourth-order valence-electron chi connectivity index (χ4n) is 3.58. The Hall–Kier alpha value is -2.83. The molecule has 0 aliphatic carbocycles. The van der Waals surface area contributed by atoms with E-state index in [-0.39, 0.29) is 30.6 Å². The quantitative estimate of drug-likeness (QED) is 0.367. The van der Waals surface area contributed by atoms with Crippen LogP contribution in [0.25, 0.3) is 5.76 Å². The lowest BCUT2D eigenvalue weighted by Gasteiger charge is -2.26. The van der Waals surface area contributed by atoms with E-state index < -0.39 is 17.7 Å². The summed E-state index contributed by atoms with van der Waals surface area (Å²) in [5.74, 6) is -1.07. The van der Waals surface area contributed by atoms with Crippen molar-refractivity contribution in [3.63, 3.8) is 0 Å². The summed E-state index contributed by atoms with van der Waals surface area (Å²) in [7, 11) is 0. The highest BCUT2D eigenvalue weighted by Crippen LogP contribution is 2.40. The number of carbonyl (C=O) groups excluding carboxylic acids is 2. The van der Waals surface area contributed by atoms with Gasteiger partial charge in [-0.3, -0.25) is 9.59 Å². The van der Waals surface area contributed by atoms with Crippen molar-refractivity contribution in [1.29, 1.82) is 0 Å². The number of ketones is 1. The average Bonchev–Trinajstić information content (AvgIpc) is 2.98. The molecule has 1 saturated heterocycles. The second-order valence-electron chi connectivity index (χ2n) is 7.43. The molecule has 31 heavy (non-hydrogen) atoms. The van der Waals surface area contributed by atoms with Crippen molar-refractivity contribution in [1.82, 2.24) is 4.90 Å². The third-order valence-electron chi connectivity index (χ3n) is 4.91. The highest BCUT2D eigenvalue weighted by atomic mass is 35.5. The van der Waals surface area contributed by atoms with Gasteiger partial charge in [0.15, 0.2) is 0 Å². The molecule has 1 aliphatic rings. The number of nitrogens with zero attached hydrogens (tertiary/aromatic N) is 1. The first-order valence-corrected chi connectivity index (χ1v) is 10.6. The Bertz CT molecular complexity index is 1000. The Labute approximate surface area is 187 Å². The number of carbonyl (C=O) groups is 2. The number of hydrogen-bond donors (Lipinski definition) is 1. The number of aliphatic hydroxyl groups is 1. The van der Waals surface area contributed by atoms with E-state index in [4.69, 9.17) is 21.1 Å². The van der Waals surface area contributed by atoms with Gasteiger partial charge in [0.25, 0.3) is 11.7 Å². The molecule has 1 unspecified atom stereocenters. The molecule has 1 aliphatic heterocycles. The number of aliphatic hydroxyl groups excluding tert-OH is 1. The predicted molar refractivity (Wildman–Crippen MR) is 119 cm³/mol. The summed E-state index contributed by atoms with van der Waals surface area (Å²) < 4.78 is 11.2. The van der Waals surface area contributed by atoms with Crippen molar-refractivity contribution in [3.05, 3.63) is 70.3 Å². The van der Waals surface area contributed by atoms with Crippen LogP contribution >= 0.6 is 11.6 Å². The summed E-state index contributed by atoms with van der Waals surface area (Å²) in [6.45, 7) is 6.63. The van der Waals surface area contributed by atoms with E-state index in [9.17, 15) is 14.7 Å². The molecule has 2 aromatic carbocycles. The Balaban J connectivity index is 2.11. The van der Waals surface area contributed by atoms with Gasteiger partial charge in [-0.25, -0.2) is 0 Å². The summed E-state index contributed by atoms with van der Waals surface area (Å²) >= 11 is 6.07. The van der Waals surface area contributed by atoms with Gasteiger partial charge in [0, 0.05) is 17.1 Å². The molecule has 164 valence electrons. The normalized spacial score (nSPS) is 18.1. The molecule has 3 rings (SSSR count). The van der Waals surface area contributed by atoms with Crippen LogP contribution in [-0.4, -0.2) is 47.6 Å². The molecule has 0 spiro atoms. The summed E-state index contributed by atoms with van der Waals surface area (Å²) in [6.07, 6.45) is -0.0111. The van der Waals surface area contributed by atoms with Gasteiger partial charge in [-0.2, -0.15) is 0 Å². The molecule has 7 heteroatoms. The number of Topliss-reactive ketones (excluding diaryl/α,β-unsaturated/α-hetero) is 1. The fraction of sp³-hybridized carbons (Fsp3) is 0.333. The zero-order valence-electron chi connectivity index (χ0n) is 17.8. The number of benzene rings is 2. The summed E-state index contributed by atoms with van der Waals surface area (Å²) in [6, 6.07) is 13.0. The second-order valence-corrected chi connectivity index (χ2v) is 7.86. The van der Waals surface area contributed by atoms with Crippen LogP contribution in [-0.2, 0) is 14.3 Å². The Morgan fingerprint density at radius 2 is 1.90 bits per heavy atom. The smallest absolute Gasteiger partial charge is 0.295 e. The maximum Gasteiger partial charge on any atom is 0.295 e. The van der Waals surface area contributed by atoms with Crippen LogP contribution in [0.15, 0.2) is 54.1 Å². The van der Waals surface area contributed by atoms with Crippen molar-refractivity contribution in [2.75, 3.05) is 19.8 Å². The first-order chi connectivity index (χ1) is 14.8. The van der Waals surface area contributed by atoms with Crippen molar-refractivity contribution in [2.24, 2.45) is 0 Å². The van der Waals surface area contributed by atoms with Gasteiger partial charge in [-0.15, -0.1) is 0 Å². The average molecular weight is 444 g/mol. The van der Waals surface area contributed by atoms with E-state index >= 15 is 0 Å². The summed E-state index contributed by atoms with van der Waals surface area (Å²) in [4.78, 5) is 27.3. The number of hydrogen-bond acceptors (Lipinski definition) is 5. The molecule has 1 amide bonds. The molecule has 0 bridgehead atoms. The molecule has 1 heterocycles. The van der Waals surface area contributed by atoms with Crippen LogP contribution in [0.4, 0.5) is 0 Å². The van der Waals surface area contributed by atoms with Crippen LogP contribution in [0, 0.1) is 0 Å². The molecule has 1 fully saturated rings. The predicted octanol–water partition coefficient (Wildman–Crippen LogP) is 4.59. The minimum atomic E-state index is -0.768. The van der Waals surface area contributed by atoms with Gasteiger partial charge in [-0.05, 0) is 50.6 Å². The van der Waals surface area contributed by atoms with Crippen molar-refractivity contribution in [2.45, 2.75) is 32.9 Å². The minimum Gasteiger partial charge on any atom is -0.507 e. The largest absolute Gasteiger partial charge is 0.507 e. The highest BCUT2D eigenvalue weighted by Gasteiger charge is 2.46. The molecule has 0 saturated carbocycles. The zero-order chi connectivity index (χ0) is 22.5. The van der Waals surface area contributed by atoms with Crippen LogP contribution in [0.2, 0.25) is 5.02 Å². The van der Waals surface area contributed by atoms with Crippen LogP contribution in [0.1, 0.15) is 37.9 Å². The third-order valence-corrected chi connectivity index (χ3v) is 5.14. The highest BCUT2D eigenvalue weighted by molar-refractivity contribution is 6.46. The fourth-order valence-corrected chi connectivity index (χ4v) is 3.77. The van der Waals surface area contributed by atoms with E-state index in [0.29, 0.717) is 28.5 Å². The summed E-state index contributed by atoms with van der Waals surface area (Å²) in [5, 5.41) is 11.4. The molecular formula is C24H26ClNO5. The van der Waals surface area contributed by atoms with Crippen molar-refractivity contribution in [3.8, 4) is 5.75 Å². The minimum absolute atomic E-state index is 0.0111. The standard InChI is InChI=1S/C24H26ClNO5/c1-4-30-19-10-6-7-16(14-19)21-20(22(27)17-8-5-9-18(25)13-17)23(28)24(29)26(21)11-12-31-15(2)3/h5-10,13-15,21,27H,4,11-12H2,1-3H3/b22-20-. The maximum absolute atomic E-state index is 13.0. The Kier molecular flexibility index (Phi) is 7.36. The Morgan fingerprint density at radius 1 is 1.16 bits per heavy atom. The number of amides is 1. The first-order valence-electron chi connectivity index (χ1n) is 10.2. The summed E-state index contributed by atoms with van der Waals surface area (Å²) in [5.41, 5.74) is 1.05. The number of rotatable bonds is 8. The van der Waals surface area contributed by atoms with Gasteiger partial charge in [0.2, 0.25) is 0 Å². The topological polar surface area (TPSA) is 76.1 Å². The van der Waals surface area contributed by atoms with Gasteiger partial charge in [-0.1, -0.05) is 35.9 Å². The van der Waals surface area contributed by atoms with Crippen LogP contribution in [0.5, 0.6) is 5.75 Å². The van der Waals surface area contributed by atoms with E-state index in [2.05, 4.69) is 0 Å². The third kappa shape index (κ3) is 5.09. The molecule has 2 aromatic rings. The molecule has 0 aromatic heterocycles. The van der Waals surface area contributed by atoms with Crippen LogP contribution < -0.4 is 4.74 Å². The van der Waals surface area contributed by atoms with Gasteiger partial charge in [0.1, 0.15) is 11.5 Å². The van der Waals surface area contributed by atoms with E-state index in [0.717, 1.165) is 0 Å². The molecule has 1 N–H and O–H groups in total. The lowest BCUT2D eigenvalue weighted by atomic mass is 9.95. The first kappa shape index (κ1) is 22.8. The molecular weight excluding hydrogens is 418 g/mol. The second kappa shape index (κ2) is 9.98. The molecule has 1 atom stereocenters. The maximum atomic E-state index is 13.0. The van der Waals surface area contributed by atoms with E-state index in [1.165, 1.54) is 4.90 Å². The van der Waals surface area contributed by atoms with Crippen molar-refractivity contribution >= 4 is 29.1 Å². The van der Waals surface area contributed by atoms with Gasteiger partial charge in [0.05, 0.1) is 30.9 Å². The monoisotopic (exact) mass is 443 g/mol. The SMILES string of the molecule is CCOc1cccc(C2/C(=C(/O)c3cccc(Cl)c3)C(=O)C(=O)N2CCOC(C)C)c1.